The minimum Gasteiger partial charge on any atom is -0.467 e. The molecular weight excluding hydrogens is 280 g/mol. The van der Waals surface area contributed by atoms with Crippen LogP contribution in [-0.2, 0) is 33.3 Å². The van der Waals surface area contributed by atoms with E-state index < -0.39 is 11.6 Å². The van der Waals surface area contributed by atoms with E-state index in [1.807, 2.05) is 20.8 Å². The largest absolute Gasteiger partial charge is 0.467 e. The van der Waals surface area contributed by atoms with Gasteiger partial charge >= 0.3 is 11.9 Å². The Bertz CT molecular complexity index is 296. The Balaban J connectivity index is 3.26. The number of hydrogen-bond acceptors (Lipinski definition) is 7. The molecule has 0 heterocycles. The summed E-state index contributed by atoms with van der Waals surface area (Å²) in [6.07, 6.45) is 0.222. The van der Waals surface area contributed by atoms with Gasteiger partial charge in [-0.15, -0.1) is 0 Å². The predicted molar refractivity (Wildman–Crippen MR) is 74.9 cm³/mol. The Morgan fingerprint density at radius 3 is 1.86 bits per heavy atom. The molecule has 0 spiro atoms. The molecule has 0 N–H and O–H groups in total. The highest BCUT2D eigenvalue weighted by Gasteiger charge is 2.15. The number of esters is 2. The zero-order valence-corrected chi connectivity index (χ0v) is 13.3. The van der Waals surface area contributed by atoms with Gasteiger partial charge in [0.25, 0.3) is 0 Å². The summed E-state index contributed by atoms with van der Waals surface area (Å²) in [5.41, 5.74) is -0.468. The fraction of sp³-hybridized carbons (Fsp3) is 0.857. The summed E-state index contributed by atoms with van der Waals surface area (Å²) in [5.74, 6) is -0.694. The highest BCUT2D eigenvalue weighted by Crippen LogP contribution is 2.07. The number of ether oxygens (including phenoxy) is 5. The van der Waals surface area contributed by atoms with Gasteiger partial charge in [0.15, 0.2) is 0 Å². The van der Waals surface area contributed by atoms with Gasteiger partial charge in [-0.2, -0.15) is 0 Å². The molecule has 21 heavy (non-hydrogen) atoms. The molecule has 0 bridgehead atoms. The van der Waals surface area contributed by atoms with Crippen LogP contribution >= 0.6 is 0 Å². The summed E-state index contributed by atoms with van der Waals surface area (Å²) < 4.78 is 25.0. The molecule has 0 rings (SSSR count). The van der Waals surface area contributed by atoms with Crippen LogP contribution in [0.2, 0.25) is 0 Å². The van der Waals surface area contributed by atoms with Gasteiger partial charge in [-0.3, -0.25) is 4.79 Å². The Morgan fingerprint density at radius 2 is 1.33 bits per heavy atom. The first-order valence-electron chi connectivity index (χ1n) is 6.87. The highest BCUT2D eigenvalue weighted by atomic mass is 16.6. The van der Waals surface area contributed by atoms with Crippen molar-refractivity contribution in [3.63, 3.8) is 0 Å². The van der Waals surface area contributed by atoms with Crippen molar-refractivity contribution in [3.05, 3.63) is 0 Å². The van der Waals surface area contributed by atoms with Crippen molar-refractivity contribution in [2.75, 3.05) is 46.8 Å². The second-order valence-electron chi connectivity index (χ2n) is 5.19. The lowest BCUT2D eigenvalue weighted by Crippen LogP contribution is -2.24. The number of methoxy groups -OCH3 is 1. The Labute approximate surface area is 125 Å². The van der Waals surface area contributed by atoms with Crippen LogP contribution in [0, 0.1) is 0 Å². The van der Waals surface area contributed by atoms with E-state index in [9.17, 15) is 9.59 Å². The third-order valence-corrected chi connectivity index (χ3v) is 2.06. The maximum Gasteiger partial charge on any atom is 0.331 e. The topological polar surface area (TPSA) is 80.3 Å². The van der Waals surface area contributed by atoms with Crippen molar-refractivity contribution in [1.29, 1.82) is 0 Å². The summed E-state index contributed by atoms with van der Waals surface area (Å²) in [5, 5.41) is 0. The monoisotopic (exact) mass is 306 g/mol. The minimum atomic E-state index is -0.468. The van der Waals surface area contributed by atoms with Crippen molar-refractivity contribution in [2.45, 2.75) is 32.8 Å². The molecule has 0 saturated heterocycles. The second kappa shape index (κ2) is 11.5. The molecule has 0 unspecified atom stereocenters. The van der Waals surface area contributed by atoms with E-state index in [1.54, 1.807) is 0 Å². The van der Waals surface area contributed by atoms with Crippen LogP contribution < -0.4 is 0 Å². The van der Waals surface area contributed by atoms with E-state index in [1.165, 1.54) is 7.11 Å². The van der Waals surface area contributed by atoms with Gasteiger partial charge in [0.05, 0.1) is 46.6 Å². The molecule has 0 aromatic heterocycles. The zero-order valence-electron chi connectivity index (χ0n) is 13.3. The number of carbonyl (C=O) groups is 2. The van der Waals surface area contributed by atoms with Crippen LogP contribution in [-0.4, -0.2) is 64.3 Å². The van der Waals surface area contributed by atoms with Gasteiger partial charge in [0, 0.05) is 0 Å². The molecule has 0 aromatic rings. The lowest BCUT2D eigenvalue weighted by molar-refractivity contribution is -0.156. The van der Waals surface area contributed by atoms with Gasteiger partial charge in [0.2, 0.25) is 0 Å². The van der Waals surface area contributed by atoms with Crippen molar-refractivity contribution in [1.82, 2.24) is 0 Å². The molecular formula is C14H26O7. The van der Waals surface area contributed by atoms with Gasteiger partial charge in [-0.05, 0) is 20.8 Å². The Morgan fingerprint density at radius 1 is 0.810 bits per heavy atom. The van der Waals surface area contributed by atoms with Gasteiger partial charge in [-0.25, -0.2) is 4.79 Å². The maximum atomic E-state index is 11.4. The van der Waals surface area contributed by atoms with Crippen LogP contribution in [0.3, 0.4) is 0 Å². The zero-order chi connectivity index (χ0) is 16.1. The van der Waals surface area contributed by atoms with Crippen molar-refractivity contribution in [2.24, 2.45) is 0 Å². The normalized spacial score (nSPS) is 11.2. The molecule has 0 aliphatic carbocycles. The van der Waals surface area contributed by atoms with E-state index in [-0.39, 0.29) is 19.0 Å². The highest BCUT2D eigenvalue weighted by molar-refractivity contribution is 5.70. The van der Waals surface area contributed by atoms with Crippen LogP contribution in [0.5, 0.6) is 0 Å². The minimum absolute atomic E-state index is 0.0771. The summed E-state index contributed by atoms with van der Waals surface area (Å²) in [7, 11) is 1.30. The summed E-state index contributed by atoms with van der Waals surface area (Å²) in [6, 6.07) is 0. The first-order valence-corrected chi connectivity index (χ1v) is 6.87. The fourth-order valence-corrected chi connectivity index (χ4v) is 1.20. The molecule has 0 amide bonds. The Hall–Kier alpha value is -1.18. The van der Waals surface area contributed by atoms with Crippen molar-refractivity contribution < 1.29 is 33.3 Å². The molecule has 0 aliphatic heterocycles. The predicted octanol–water partition coefficient (Wildman–Crippen LogP) is 0.941. The third kappa shape index (κ3) is 15.0. The smallest absolute Gasteiger partial charge is 0.331 e. The molecule has 124 valence electrons. The lowest BCUT2D eigenvalue weighted by Gasteiger charge is -2.19. The van der Waals surface area contributed by atoms with E-state index in [2.05, 4.69) is 4.74 Å². The average molecular weight is 306 g/mol. The average Bonchev–Trinajstić information content (AvgIpc) is 2.38. The van der Waals surface area contributed by atoms with E-state index in [4.69, 9.17) is 18.9 Å². The van der Waals surface area contributed by atoms with Crippen molar-refractivity contribution >= 4 is 11.9 Å². The SMILES string of the molecule is COC(=O)COCCOCCOCCC(=O)OC(C)(C)C. The second-order valence-corrected chi connectivity index (χ2v) is 5.19. The lowest BCUT2D eigenvalue weighted by atomic mass is 10.2. The standard InChI is InChI=1S/C14H26O7/c1-14(2,3)21-12(15)5-6-18-7-8-19-9-10-20-11-13(16)17-4/h5-11H2,1-4H3. The third-order valence-electron chi connectivity index (χ3n) is 2.06. The molecule has 0 atom stereocenters. The molecule has 0 aliphatic rings. The summed E-state index contributed by atoms with van der Waals surface area (Å²) in [6.45, 7) is 7.16. The molecule has 0 aromatic carbocycles. The number of hydrogen-bond donors (Lipinski definition) is 0. The van der Waals surface area contributed by atoms with E-state index in [0.29, 0.717) is 33.0 Å². The maximum absolute atomic E-state index is 11.4. The van der Waals surface area contributed by atoms with Gasteiger partial charge in [0.1, 0.15) is 12.2 Å². The number of carbonyl (C=O) groups excluding carboxylic acids is 2. The van der Waals surface area contributed by atoms with Crippen molar-refractivity contribution in [3.8, 4) is 0 Å². The van der Waals surface area contributed by atoms with E-state index in [0.717, 1.165) is 0 Å². The van der Waals surface area contributed by atoms with Gasteiger partial charge in [-0.1, -0.05) is 0 Å². The molecule has 7 heteroatoms. The summed E-state index contributed by atoms with van der Waals surface area (Å²) in [4.78, 5) is 22.1. The van der Waals surface area contributed by atoms with Crippen LogP contribution in [0.4, 0.5) is 0 Å². The molecule has 7 nitrogen and oxygen atoms in total. The van der Waals surface area contributed by atoms with Crippen LogP contribution in [0.1, 0.15) is 27.2 Å². The first-order chi connectivity index (χ1) is 9.85. The van der Waals surface area contributed by atoms with E-state index >= 15 is 0 Å². The number of rotatable bonds is 11. The van der Waals surface area contributed by atoms with Crippen LogP contribution in [0.25, 0.3) is 0 Å². The first kappa shape index (κ1) is 19.8. The Kier molecular flexibility index (Phi) is 10.8. The fourth-order valence-electron chi connectivity index (χ4n) is 1.20. The van der Waals surface area contributed by atoms with Crippen LogP contribution in [0.15, 0.2) is 0 Å². The summed E-state index contributed by atoms with van der Waals surface area (Å²) >= 11 is 0. The molecule has 0 saturated carbocycles. The molecule has 0 radical (unpaired) electrons. The van der Waals surface area contributed by atoms with Gasteiger partial charge < -0.3 is 23.7 Å². The quantitative estimate of drug-likeness (QED) is 0.415. The molecule has 0 fully saturated rings.